The zero-order chi connectivity index (χ0) is 23.5. The Hall–Kier alpha value is -2.61. The molecule has 1 aliphatic rings. The van der Waals surface area contributed by atoms with Crippen molar-refractivity contribution in [3.8, 4) is 5.75 Å². The number of nitrogens with zero attached hydrogens (tertiary/aromatic N) is 1. The van der Waals surface area contributed by atoms with Gasteiger partial charge in [-0.2, -0.15) is 0 Å². The Balaban J connectivity index is 1.95. The largest absolute Gasteiger partial charge is 0.487 e. The molecule has 32 heavy (non-hydrogen) atoms. The molecular formula is C24H31FN2O4S. The lowest BCUT2D eigenvalue weighted by Crippen LogP contribution is -2.52. The quantitative estimate of drug-likeness (QED) is 0.624. The van der Waals surface area contributed by atoms with Crippen LogP contribution in [-0.2, 0) is 14.8 Å². The minimum atomic E-state index is -3.80. The number of hydrogen-bond donors (Lipinski definition) is 1. The Morgan fingerprint density at radius 2 is 1.78 bits per heavy atom. The third-order valence-corrected chi connectivity index (χ3v) is 7.39. The lowest BCUT2D eigenvalue weighted by molar-refractivity contribution is -0.123. The van der Waals surface area contributed by atoms with Crippen molar-refractivity contribution in [1.29, 1.82) is 0 Å². The van der Waals surface area contributed by atoms with Gasteiger partial charge in [0.25, 0.3) is 0 Å². The summed E-state index contributed by atoms with van der Waals surface area (Å²) in [6.45, 7) is 5.88. The number of amides is 1. The molecule has 8 heteroatoms. The van der Waals surface area contributed by atoms with E-state index in [0.717, 1.165) is 34.7 Å². The van der Waals surface area contributed by atoms with E-state index in [9.17, 15) is 17.6 Å². The molecule has 1 aliphatic heterocycles. The van der Waals surface area contributed by atoms with E-state index in [1.807, 2.05) is 24.3 Å². The third kappa shape index (κ3) is 4.90. The van der Waals surface area contributed by atoms with Crippen LogP contribution in [0, 0.1) is 5.82 Å². The standard InChI is InChI=1S/C24H31FN2O4S/c1-5-21(27(32(4,29)30)18-14-12-17(25)13-15-18)23(28)26-20-16-24(6-2,7-3)31-22-11-9-8-10-19(20)22/h8-15,20-21H,5-7,16H2,1-4H3,(H,26,28)/t20-,21-/m0/s1. The van der Waals surface area contributed by atoms with Crippen LogP contribution in [0.1, 0.15) is 58.1 Å². The predicted molar refractivity (Wildman–Crippen MR) is 124 cm³/mol. The molecule has 0 saturated heterocycles. The van der Waals surface area contributed by atoms with Crippen LogP contribution in [-0.4, -0.2) is 32.2 Å². The van der Waals surface area contributed by atoms with Crippen molar-refractivity contribution in [2.45, 2.75) is 64.1 Å². The highest BCUT2D eigenvalue weighted by atomic mass is 32.2. The molecule has 3 rings (SSSR count). The summed E-state index contributed by atoms with van der Waals surface area (Å²) in [6, 6.07) is 11.4. The second-order valence-electron chi connectivity index (χ2n) is 8.25. The molecule has 0 bridgehead atoms. The summed E-state index contributed by atoms with van der Waals surface area (Å²) in [5, 5.41) is 3.08. The summed E-state index contributed by atoms with van der Waals surface area (Å²) in [7, 11) is -3.80. The summed E-state index contributed by atoms with van der Waals surface area (Å²) in [4.78, 5) is 13.4. The Bertz CT molecular complexity index is 1050. The van der Waals surface area contributed by atoms with Crippen LogP contribution in [0.25, 0.3) is 0 Å². The first kappa shape index (κ1) is 24.0. The van der Waals surface area contributed by atoms with E-state index in [0.29, 0.717) is 6.42 Å². The molecule has 2 aromatic rings. The second kappa shape index (κ2) is 9.48. The molecule has 0 unspecified atom stereocenters. The first-order valence-electron chi connectivity index (χ1n) is 11.0. The molecule has 174 valence electrons. The molecule has 1 N–H and O–H groups in total. The van der Waals surface area contributed by atoms with Crippen LogP contribution in [0.2, 0.25) is 0 Å². The Kier molecular flexibility index (Phi) is 7.12. The van der Waals surface area contributed by atoms with Gasteiger partial charge in [-0.05, 0) is 49.6 Å². The van der Waals surface area contributed by atoms with Crippen molar-refractivity contribution in [3.05, 3.63) is 59.9 Å². The number of nitrogens with one attached hydrogen (secondary N) is 1. The van der Waals surface area contributed by atoms with E-state index in [-0.39, 0.29) is 18.2 Å². The van der Waals surface area contributed by atoms with Crippen molar-refractivity contribution in [2.75, 3.05) is 10.6 Å². The van der Waals surface area contributed by atoms with Gasteiger partial charge in [0, 0.05) is 12.0 Å². The van der Waals surface area contributed by atoms with Crippen LogP contribution < -0.4 is 14.4 Å². The van der Waals surface area contributed by atoms with E-state index in [1.54, 1.807) is 6.92 Å². The molecule has 0 fully saturated rings. The topological polar surface area (TPSA) is 75.7 Å². The fraction of sp³-hybridized carbons (Fsp3) is 0.458. The minimum Gasteiger partial charge on any atom is -0.487 e. The van der Waals surface area contributed by atoms with Gasteiger partial charge in [0.1, 0.15) is 23.2 Å². The fourth-order valence-electron chi connectivity index (χ4n) is 4.35. The maximum absolute atomic E-state index is 13.4. The number of anilines is 1. The maximum atomic E-state index is 13.4. The van der Waals surface area contributed by atoms with Crippen LogP contribution >= 0.6 is 0 Å². The van der Waals surface area contributed by atoms with E-state index in [4.69, 9.17) is 4.74 Å². The van der Waals surface area contributed by atoms with Crippen molar-refractivity contribution in [3.63, 3.8) is 0 Å². The number of carbonyl (C=O) groups excluding carboxylic acids is 1. The van der Waals surface area contributed by atoms with E-state index >= 15 is 0 Å². The van der Waals surface area contributed by atoms with E-state index in [1.165, 1.54) is 24.3 Å². The number of carbonyl (C=O) groups is 1. The van der Waals surface area contributed by atoms with Crippen molar-refractivity contribution < 1.29 is 22.3 Å². The van der Waals surface area contributed by atoms with Crippen LogP contribution in [0.15, 0.2) is 48.5 Å². The molecule has 1 amide bonds. The SMILES string of the molecule is CC[C@@H](C(=O)N[C@H]1CC(CC)(CC)Oc2ccccc21)N(c1ccc(F)cc1)S(C)(=O)=O. The number of benzene rings is 2. The summed E-state index contributed by atoms with van der Waals surface area (Å²) < 4.78 is 46.1. The normalized spacial score (nSPS) is 18.2. The van der Waals surface area contributed by atoms with Gasteiger partial charge in [-0.25, -0.2) is 12.8 Å². The van der Waals surface area contributed by atoms with Crippen molar-refractivity contribution in [2.24, 2.45) is 0 Å². The van der Waals surface area contributed by atoms with Gasteiger partial charge in [-0.15, -0.1) is 0 Å². The zero-order valence-corrected chi connectivity index (χ0v) is 19.8. The number of ether oxygens (including phenoxy) is 1. The van der Waals surface area contributed by atoms with Gasteiger partial charge >= 0.3 is 0 Å². The van der Waals surface area contributed by atoms with Crippen molar-refractivity contribution >= 4 is 21.6 Å². The summed E-state index contributed by atoms with van der Waals surface area (Å²) >= 11 is 0. The van der Waals surface area contributed by atoms with E-state index in [2.05, 4.69) is 19.2 Å². The number of fused-ring (bicyclic) bond motifs is 1. The van der Waals surface area contributed by atoms with E-state index < -0.39 is 33.4 Å². The summed E-state index contributed by atoms with van der Waals surface area (Å²) in [5.74, 6) is -0.140. The third-order valence-electron chi connectivity index (χ3n) is 6.21. The number of hydrogen-bond acceptors (Lipinski definition) is 4. The van der Waals surface area contributed by atoms with Crippen molar-refractivity contribution in [1.82, 2.24) is 5.32 Å². The van der Waals surface area contributed by atoms with Gasteiger partial charge in [0.15, 0.2) is 0 Å². The molecule has 0 aliphatic carbocycles. The Labute approximate surface area is 189 Å². The molecule has 0 spiro atoms. The predicted octanol–water partition coefficient (Wildman–Crippen LogP) is 4.57. The highest BCUT2D eigenvalue weighted by Crippen LogP contribution is 2.42. The Morgan fingerprint density at radius 3 is 2.34 bits per heavy atom. The maximum Gasteiger partial charge on any atom is 0.244 e. The Morgan fingerprint density at radius 1 is 1.16 bits per heavy atom. The first-order chi connectivity index (χ1) is 15.1. The number of rotatable bonds is 8. The van der Waals surface area contributed by atoms with Gasteiger partial charge in [-0.1, -0.05) is 39.0 Å². The lowest BCUT2D eigenvalue weighted by Gasteiger charge is -2.42. The smallest absolute Gasteiger partial charge is 0.244 e. The minimum absolute atomic E-state index is 0.250. The first-order valence-corrected chi connectivity index (χ1v) is 12.8. The highest BCUT2D eigenvalue weighted by Gasteiger charge is 2.40. The van der Waals surface area contributed by atoms with Crippen LogP contribution in [0.4, 0.5) is 10.1 Å². The molecule has 6 nitrogen and oxygen atoms in total. The second-order valence-corrected chi connectivity index (χ2v) is 10.1. The average Bonchev–Trinajstić information content (AvgIpc) is 2.77. The van der Waals surface area contributed by atoms with Crippen LogP contribution in [0.5, 0.6) is 5.75 Å². The summed E-state index contributed by atoms with van der Waals surface area (Å²) in [6.07, 6.45) is 3.47. The van der Waals surface area contributed by atoms with Gasteiger partial charge in [0.2, 0.25) is 15.9 Å². The van der Waals surface area contributed by atoms with Crippen LogP contribution in [0.3, 0.4) is 0 Å². The summed E-state index contributed by atoms with van der Waals surface area (Å²) in [5.41, 5.74) is 0.724. The number of halogens is 1. The highest BCUT2D eigenvalue weighted by molar-refractivity contribution is 7.92. The molecule has 0 saturated carbocycles. The molecule has 2 aromatic carbocycles. The fourth-order valence-corrected chi connectivity index (χ4v) is 5.56. The van der Waals surface area contributed by atoms with Gasteiger partial charge < -0.3 is 10.1 Å². The number of sulfonamides is 1. The zero-order valence-electron chi connectivity index (χ0n) is 19.0. The average molecular weight is 463 g/mol. The molecule has 2 atom stereocenters. The molecular weight excluding hydrogens is 431 g/mol. The number of para-hydroxylation sites is 1. The molecule has 0 aromatic heterocycles. The molecule has 1 heterocycles. The van der Waals surface area contributed by atoms with Gasteiger partial charge in [-0.3, -0.25) is 9.10 Å². The lowest BCUT2D eigenvalue weighted by atomic mass is 9.83. The molecule has 0 radical (unpaired) electrons. The monoisotopic (exact) mass is 462 g/mol. The van der Waals surface area contributed by atoms with Gasteiger partial charge in [0.05, 0.1) is 18.0 Å².